The number of fused-ring (bicyclic) bond motifs is 3. The predicted molar refractivity (Wildman–Crippen MR) is 125 cm³/mol. The number of carboxylic acids is 1. The quantitative estimate of drug-likeness (QED) is 0.546. The molecule has 0 spiro atoms. The summed E-state index contributed by atoms with van der Waals surface area (Å²) in [5.74, 6) is -0.959. The summed E-state index contributed by atoms with van der Waals surface area (Å²) in [5.41, 5.74) is 2.75. The number of rotatable bonds is 5. The van der Waals surface area contributed by atoms with Crippen LogP contribution in [-0.4, -0.2) is 32.4 Å². The first kappa shape index (κ1) is 21.8. The molecule has 0 bridgehead atoms. The van der Waals surface area contributed by atoms with Crippen molar-refractivity contribution in [2.75, 3.05) is 0 Å². The van der Waals surface area contributed by atoms with E-state index < -0.39 is 5.97 Å². The van der Waals surface area contributed by atoms with E-state index in [-0.39, 0.29) is 18.1 Å². The Balaban J connectivity index is 1.64. The Bertz CT molecular complexity index is 1250. The maximum absolute atomic E-state index is 14.7. The fourth-order valence-corrected chi connectivity index (χ4v) is 4.96. The Labute approximate surface area is 196 Å². The van der Waals surface area contributed by atoms with Gasteiger partial charge < -0.3 is 10.4 Å². The third-order valence-corrected chi connectivity index (χ3v) is 6.61. The van der Waals surface area contributed by atoms with E-state index in [4.69, 9.17) is 11.6 Å². The lowest BCUT2D eigenvalue weighted by Crippen LogP contribution is -2.31. The molecule has 2 heterocycles. The van der Waals surface area contributed by atoms with Gasteiger partial charge in [0, 0.05) is 28.7 Å². The van der Waals surface area contributed by atoms with Gasteiger partial charge in [-0.3, -0.25) is 9.56 Å². The molecule has 5 rings (SSSR count). The zero-order valence-electron chi connectivity index (χ0n) is 18.0. The fraction of sp³-hybridized carbons (Fsp3) is 0.320. The van der Waals surface area contributed by atoms with Crippen molar-refractivity contribution in [2.45, 2.75) is 51.2 Å². The molecule has 0 atom stereocenters. The minimum Gasteiger partial charge on any atom is -0.476 e. The predicted octanol–water partition coefficient (Wildman–Crippen LogP) is 5.14. The van der Waals surface area contributed by atoms with Crippen molar-refractivity contribution >= 4 is 23.3 Å². The second kappa shape index (κ2) is 9.08. The van der Waals surface area contributed by atoms with E-state index in [1.54, 1.807) is 30.3 Å². The van der Waals surface area contributed by atoms with Crippen molar-refractivity contribution in [3.63, 3.8) is 0 Å². The number of hydrogen-bond acceptors (Lipinski definition) is 4. The summed E-state index contributed by atoms with van der Waals surface area (Å²) in [6.07, 6.45) is 5.75. The Morgan fingerprint density at radius 3 is 2.70 bits per heavy atom. The van der Waals surface area contributed by atoms with Crippen molar-refractivity contribution in [2.24, 2.45) is 4.99 Å². The van der Waals surface area contributed by atoms with Crippen LogP contribution < -0.4 is 5.32 Å². The third-order valence-electron chi connectivity index (χ3n) is 6.37. The van der Waals surface area contributed by atoms with Crippen molar-refractivity contribution in [3.8, 4) is 5.69 Å². The highest BCUT2D eigenvalue weighted by atomic mass is 35.5. The summed E-state index contributed by atoms with van der Waals surface area (Å²) in [7, 11) is 0. The number of benzene rings is 2. The standard InChI is InChI=1S/C25H24ClFN4O2/c26-15-10-11-20-18(12-15)23(17-8-4-5-9-19(17)27)29-14-22-30-24(25(32)33)21(31(20)22)13-28-16-6-2-1-3-7-16/h4-5,8-12,16,28H,1-3,6-7,13-14H2,(H,32,33). The average Bonchev–Trinajstić information content (AvgIpc) is 3.10. The summed E-state index contributed by atoms with van der Waals surface area (Å²) in [6, 6.07) is 12.1. The molecule has 2 aliphatic rings. The van der Waals surface area contributed by atoms with E-state index in [2.05, 4.69) is 15.3 Å². The normalized spacial score (nSPS) is 16.0. The highest BCUT2D eigenvalue weighted by molar-refractivity contribution is 6.31. The van der Waals surface area contributed by atoms with Gasteiger partial charge in [0.1, 0.15) is 11.6 Å². The number of halogens is 2. The van der Waals surface area contributed by atoms with E-state index in [1.807, 2.05) is 10.6 Å². The Hall–Kier alpha value is -3.03. The first-order chi connectivity index (χ1) is 16.0. The molecular formula is C25H24ClFN4O2. The van der Waals surface area contributed by atoms with Crippen LogP contribution >= 0.6 is 11.6 Å². The molecule has 1 aliphatic carbocycles. The lowest BCUT2D eigenvalue weighted by molar-refractivity contribution is 0.0689. The van der Waals surface area contributed by atoms with Crippen LogP contribution in [0.25, 0.3) is 5.69 Å². The minimum atomic E-state index is -1.08. The number of nitrogens with zero attached hydrogens (tertiary/aromatic N) is 3. The van der Waals surface area contributed by atoms with E-state index in [9.17, 15) is 14.3 Å². The molecule has 8 heteroatoms. The fourth-order valence-electron chi connectivity index (χ4n) is 4.79. The number of carbonyl (C=O) groups is 1. The Morgan fingerprint density at radius 1 is 1.15 bits per heavy atom. The van der Waals surface area contributed by atoms with Gasteiger partial charge in [0.15, 0.2) is 5.69 Å². The van der Waals surface area contributed by atoms with E-state index in [0.717, 1.165) is 12.8 Å². The molecule has 33 heavy (non-hydrogen) atoms. The van der Waals surface area contributed by atoms with Crippen molar-refractivity contribution < 1.29 is 14.3 Å². The molecule has 2 N–H and O–H groups in total. The molecule has 1 saturated carbocycles. The molecule has 0 unspecified atom stereocenters. The number of imidazole rings is 1. The van der Waals surface area contributed by atoms with Crippen LogP contribution in [0.5, 0.6) is 0 Å². The molecule has 170 valence electrons. The van der Waals surface area contributed by atoms with Gasteiger partial charge in [-0.25, -0.2) is 14.2 Å². The van der Waals surface area contributed by atoms with Gasteiger partial charge in [0.05, 0.1) is 23.6 Å². The zero-order valence-corrected chi connectivity index (χ0v) is 18.8. The summed E-state index contributed by atoms with van der Waals surface area (Å²) in [4.78, 5) is 21.2. The largest absolute Gasteiger partial charge is 0.476 e. The second-order valence-electron chi connectivity index (χ2n) is 8.49. The number of aromatic carboxylic acids is 1. The van der Waals surface area contributed by atoms with Crippen LogP contribution in [-0.2, 0) is 13.1 Å². The van der Waals surface area contributed by atoms with E-state index in [0.29, 0.717) is 51.7 Å². The lowest BCUT2D eigenvalue weighted by Gasteiger charge is -2.23. The van der Waals surface area contributed by atoms with Crippen LogP contribution in [0, 0.1) is 5.82 Å². The van der Waals surface area contributed by atoms with Gasteiger partial charge in [-0.15, -0.1) is 0 Å². The third kappa shape index (κ3) is 4.18. The molecular weight excluding hydrogens is 443 g/mol. The summed E-state index contributed by atoms with van der Waals surface area (Å²) < 4.78 is 16.6. The zero-order chi connectivity index (χ0) is 22.9. The molecule has 0 saturated heterocycles. The molecule has 6 nitrogen and oxygen atoms in total. The number of aliphatic imine (C=N–C) groups is 1. The number of nitrogens with one attached hydrogen (secondary N) is 1. The van der Waals surface area contributed by atoms with Crippen LogP contribution in [0.4, 0.5) is 4.39 Å². The van der Waals surface area contributed by atoms with Crippen LogP contribution in [0.15, 0.2) is 47.5 Å². The summed E-state index contributed by atoms with van der Waals surface area (Å²) in [6.45, 7) is 0.496. The lowest BCUT2D eigenvalue weighted by atomic mass is 9.95. The molecule has 0 radical (unpaired) electrons. The molecule has 1 aromatic heterocycles. The monoisotopic (exact) mass is 466 g/mol. The first-order valence-corrected chi connectivity index (χ1v) is 11.6. The smallest absolute Gasteiger partial charge is 0.356 e. The van der Waals surface area contributed by atoms with E-state index >= 15 is 0 Å². The highest BCUT2D eigenvalue weighted by Crippen LogP contribution is 2.31. The van der Waals surface area contributed by atoms with Crippen molar-refractivity contribution in [1.82, 2.24) is 14.9 Å². The van der Waals surface area contributed by atoms with Gasteiger partial charge >= 0.3 is 5.97 Å². The topological polar surface area (TPSA) is 79.5 Å². The van der Waals surface area contributed by atoms with Crippen molar-refractivity contribution in [3.05, 3.63) is 81.6 Å². The Kier molecular flexibility index (Phi) is 6.00. The van der Waals surface area contributed by atoms with Gasteiger partial charge in [0.25, 0.3) is 0 Å². The first-order valence-electron chi connectivity index (χ1n) is 11.2. The maximum Gasteiger partial charge on any atom is 0.356 e. The molecule has 3 aromatic rings. The molecule has 1 aliphatic heterocycles. The van der Waals surface area contributed by atoms with Crippen LogP contribution in [0.2, 0.25) is 5.02 Å². The van der Waals surface area contributed by atoms with Crippen LogP contribution in [0.1, 0.15) is 65.2 Å². The van der Waals surface area contributed by atoms with Gasteiger partial charge in [-0.05, 0) is 43.2 Å². The van der Waals surface area contributed by atoms with E-state index in [1.165, 1.54) is 25.3 Å². The van der Waals surface area contributed by atoms with Crippen molar-refractivity contribution in [1.29, 1.82) is 0 Å². The SMILES string of the molecule is O=C(O)c1nc2n(c1CNC1CCCCC1)-c1ccc(Cl)cc1C(c1ccccc1F)=NC2. The van der Waals surface area contributed by atoms with Gasteiger partial charge in [-0.1, -0.05) is 43.0 Å². The second-order valence-corrected chi connectivity index (χ2v) is 8.92. The molecule has 2 aromatic carbocycles. The Morgan fingerprint density at radius 2 is 1.94 bits per heavy atom. The maximum atomic E-state index is 14.7. The summed E-state index contributed by atoms with van der Waals surface area (Å²) in [5, 5.41) is 13.9. The number of hydrogen-bond donors (Lipinski definition) is 2. The summed E-state index contributed by atoms with van der Waals surface area (Å²) >= 11 is 6.33. The van der Waals surface area contributed by atoms with Gasteiger partial charge in [-0.2, -0.15) is 0 Å². The molecule has 1 fully saturated rings. The molecule has 0 amide bonds. The minimum absolute atomic E-state index is 0.0127. The van der Waals surface area contributed by atoms with Gasteiger partial charge in [0.2, 0.25) is 0 Å². The number of carboxylic acid groups (broad SMARTS) is 1. The average molecular weight is 467 g/mol. The number of aromatic nitrogens is 2. The highest BCUT2D eigenvalue weighted by Gasteiger charge is 2.28. The van der Waals surface area contributed by atoms with Crippen LogP contribution in [0.3, 0.4) is 0 Å².